The van der Waals surface area contributed by atoms with E-state index in [4.69, 9.17) is 0 Å². The zero-order valence-corrected chi connectivity index (χ0v) is 12.2. The molecule has 0 aliphatic rings. The molecule has 3 nitrogen and oxygen atoms in total. The summed E-state index contributed by atoms with van der Waals surface area (Å²) in [6.07, 6.45) is 0. The number of hydrogen-bond acceptors (Lipinski definition) is 3. The molecule has 0 heterocycles. The van der Waals surface area contributed by atoms with Gasteiger partial charge in [-0.3, -0.25) is 0 Å². The molecule has 0 spiro atoms. The molecule has 2 rings (SSSR count). The van der Waals surface area contributed by atoms with E-state index in [0.29, 0.717) is 0 Å². The number of halogens is 1. The molecule has 0 saturated heterocycles. The van der Waals surface area contributed by atoms with Crippen molar-refractivity contribution in [3.63, 3.8) is 0 Å². The molecule has 2 aromatic rings. The summed E-state index contributed by atoms with van der Waals surface area (Å²) in [6.45, 7) is 1.81. The van der Waals surface area contributed by atoms with Gasteiger partial charge in [-0.1, -0.05) is 34.1 Å². The average molecular weight is 322 g/mol. The van der Waals surface area contributed by atoms with Crippen LogP contribution in [0.1, 0.15) is 12.5 Å². The van der Waals surface area contributed by atoms with Crippen LogP contribution in [0.25, 0.3) is 0 Å². The highest BCUT2D eigenvalue weighted by Gasteiger charge is 2.25. The van der Waals surface area contributed by atoms with Gasteiger partial charge in [0, 0.05) is 10.2 Å². The highest BCUT2D eigenvalue weighted by atomic mass is 79.9. The van der Waals surface area contributed by atoms with Crippen LogP contribution in [0.5, 0.6) is 5.75 Å². The van der Waals surface area contributed by atoms with E-state index in [0.717, 1.165) is 15.7 Å². The first-order valence-corrected chi connectivity index (χ1v) is 6.77. The lowest BCUT2D eigenvalue weighted by atomic mass is 9.92. The van der Waals surface area contributed by atoms with Gasteiger partial charge in [0.15, 0.2) is 0 Å². The summed E-state index contributed by atoms with van der Waals surface area (Å²) < 4.78 is 0.966. The first kappa shape index (κ1) is 13.9. The number of rotatable bonds is 4. The monoisotopic (exact) mass is 321 g/mol. The fourth-order valence-electron chi connectivity index (χ4n) is 1.94. The molecular weight excluding hydrogens is 306 g/mol. The molecule has 0 fully saturated rings. The summed E-state index contributed by atoms with van der Waals surface area (Å²) >= 11 is 3.42. The van der Waals surface area contributed by atoms with Gasteiger partial charge in [-0.05, 0) is 42.8 Å². The Morgan fingerprint density at radius 3 is 2.53 bits per heavy atom. The maximum absolute atomic E-state index is 9.70. The van der Waals surface area contributed by atoms with Gasteiger partial charge in [0.1, 0.15) is 5.75 Å². The fraction of sp³-hybridized carbons (Fsp3) is 0.200. The van der Waals surface area contributed by atoms with Crippen molar-refractivity contribution < 1.29 is 10.2 Å². The van der Waals surface area contributed by atoms with Crippen molar-refractivity contribution in [2.75, 3.05) is 11.9 Å². The van der Waals surface area contributed by atoms with Gasteiger partial charge < -0.3 is 15.5 Å². The van der Waals surface area contributed by atoms with Gasteiger partial charge in [0.25, 0.3) is 0 Å². The minimum atomic E-state index is -0.653. The molecule has 1 unspecified atom stereocenters. The van der Waals surface area contributed by atoms with Crippen LogP contribution in [0.4, 0.5) is 5.69 Å². The Morgan fingerprint density at radius 1 is 1.16 bits per heavy atom. The average Bonchev–Trinajstić information content (AvgIpc) is 2.38. The summed E-state index contributed by atoms with van der Waals surface area (Å²) in [5.74, 6) is 0.188. The number of phenols is 1. The lowest BCUT2D eigenvalue weighted by molar-refractivity contribution is 0.224. The smallest absolute Gasteiger partial charge is 0.115 e. The Hall–Kier alpha value is -1.52. The molecule has 2 aromatic carbocycles. The third-order valence-electron chi connectivity index (χ3n) is 3.04. The Bertz CT molecular complexity index is 574. The van der Waals surface area contributed by atoms with E-state index in [9.17, 15) is 10.2 Å². The van der Waals surface area contributed by atoms with Crippen LogP contribution in [0, 0.1) is 0 Å². The van der Waals surface area contributed by atoms with Crippen molar-refractivity contribution in [1.82, 2.24) is 0 Å². The van der Waals surface area contributed by atoms with Crippen LogP contribution in [0.15, 0.2) is 53.0 Å². The van der Waals surface area contributed by atoms with E-state index in [2.05, 4.69) is 21.2 Å². The van der Waals surface area contributed by atoms with Crippen LogP contribution < -0.4 is 5.32 Å². The Labute approximate surface area is 121 Å². The van der Waals surface area contributed by atoms with Crippen molar-refractivity contribution in [2.45, 2.75) is 12.5 Å². The van der Waals surface area contributed by atoms with Crippen LogP contribution in [-0.4, -0.2) is 16.8 Å². The van der Waals surface area contributed by atoms with Crippen LogP contribution >= 0.6 is 15.9 Å². The number of phenolic OH excluding ortho intramolecular Hbond substituents is 1. The summed E-state index contributed by atoms with van der Waals surface area (Å²) in [6, 6.07) is 14.6. The first-order valence-electron chi connectivity index (χ1n) is 5.98. The fourth-order valence-corrected chi connectivity index (χ4v) is 2.34. The van der Waals surface area contributed by atoms with Crippen LogP contribution in [-0.2, 0) is 5.54 Å². The van der Waals surface area contributed by atoms with Crippen molar-refractivity contribution >= 4 is 21.6 Å². The second-order valence-corrected chi connectivity index (χ2v) is 5.59. The third kappa shape index (κ3) is 3.28. The number of aliphatic hydroxyl groups is 1. The predicted molar refractivity (Wildman–Crippen MR) is 80.3 cm³/mol. The lowest BCUT2D eigenvalue weighted by Crippen LogP contribution is -2.35. The van der Waals surface area contributed by atoms with Crippen LogP contribution in [0.3, 0.4) is 0 Å². The first-order chi connectivity index (χ1) is 9.03. The van der Waals surface area contributed by atoms with Gasteiger partial charge in [0.05, 0.1) is 12.1 Å². The van der Waals surface area contributed by atoms with Gasteiger partial charge in [-0.2, -0.15) is 0 Å². The van der Waals surface area contributed by atoms with Crippen molar-refractivity contribution in [3.05, 3.63) is 58.6 Å². The van der Waals surface area contributed by atoms with E-state index < -0.39 is 5.54 Å². The van der Waals surface area contributed by atoms with Crippen molar-refractivity contribution in [2.24, 2.45) is 0 Å². The van der Waals surface area contributed by atoms with E-state index >= 15 is 0 Å². The van der Waals surface area contributed by atoms with E-state index in [-0.39, 0.29) is 12.4 Å². The van der Waals surface area contributed by atoms with Gasteiger partial charge in [0.2, 0.25) is 0 Å². The Morgan fingerprint density at radius 2 is 1.89 bits per heavy atom. The quantitative estimate of drug-likeness (QED) is 0.808. The molecule has 1 atom stereocenters. The van der Waals surface area contributed by atoms with Crippen LogP contribution in [0.2, 0.25) is 0 Å². The summed E-state index contributed by atoms with van der Waals surface area (Å²) in [4.78, 5) is 0. The molecule has 100 valence electrons. The summed E-state index contributed by atoms with van der Waals surface area (Å²) in [5, 5.41) is 22.6. The number of hydrogen-bond donors (Lipinski definition) is 3. The maximum atomic E-state index is 9.70. The number of benzene rings is 2. The Kier molecular flexibility index (Phi) is 4.12. The molecule has 0 saturated carbocycles. The minimum absolute atomic E-state index is 0.0804. The second-order valence-electron chi connectivity index (χ2n) is 4.68. The number of aromatic hydroxyl groups is 1. The summed E-state index contributed by atoms with van der Waals surface area (Å²) in [7, 11) is 0. The predicted octanol–water partition coefficient (Wildman–Crippen LogP) is 3.47. The minimum Gasteiger partial charge on any atom is -0.508 e. The SMILES string of the molecule is CC(CO)(Nc1cccc(Br)c1)c1cccc(O)c1. The van der Waals surface area contributed by atoms with E-state index in [1.165, 1.54) is 0 Å². The number of anilines is 1. The normalized spacial score (nSPS) is 13.8. The molecule has 0 amide bonds. The highest BCUT2D eigenvalue weighted by molar-refractivity contribution is 9.10. The van der Waals surface area contributed by atoms with Gasteiger partial charge in [-0.15, -0.1) is 0 Å². The Balaban J connectivity index is 2.32. The maximum Gasteiger partial charge on any atom is 0.115 e. The number of aliphatic hydroxyl groups excluding tert-OH is 1. The summed E-state index contributed by atoms with van der Waals surface area (Å²) in [5.41, 5.74) is 1.07. The van der Waals surface area contributed by atoms with E-state index in [1.807, 2.05) is 37.3 Å². The molecule has 19 heavy (non-hydrogen) atoms. The van der Waals surface area contributed by atoms with Crippen molar-refractivity contribution in [1.29, 1.82) is 0 Å². The standard InChI is InChI=1S/C15H16BrNO2/c1-15(10-18,11-4-2-7-14(19)8-11)17-13-6-3-5-12(16)9-13/h2-9,17-19H,10H2,1H3. The highest BCUT2D eigenvalue weighted by Crippen LogP contribution is 2.29. The zero-order valence-electron chi connectivity index (χ0n) is 10.6. The molecule has 0 bridgehead atoms. The van der Waals surface area contributed by atoms with Gasteiger partial charge >= 0.3 is 0 Å². The third-order valence-corrected chi connectivity index (χ3v) is 3.54. The lowest BCUT2D eigenvalue weighted by Gasteiger charge is -2.30. The van der Waals surface area contributed by atoms with Crippen molar-refractivity contribution in [3.8, 4) is 5.75 Å². The molecule has 0 radical (unpaired) electrons. The molecular formula is C15H16BrNO2. The topological polar surface area (TPSA) is 52.5 Å². The van der Waals surface area contributed by atoms with Gasteiger partial charge in [-0.25, -0.2) is 0 Å². The van der Waals surface area contributed by atoms with E-state index in [1.54, 1.807) is 18.2 Å². The molecule has 0 aliphatic heterocycles. The zero-order chi connectivity index (χ0) is 13.9. The molecule has 0 aromatic heterocycles. The molecule has 0 aliphatic carbocycles. The second kappa shape index (κ2) is 5.63. The molecule has 3 N–H and O–H groups in total. The largest absolute Gasteiger partial charge is 0.508 e. The molecule has 4 heteroatoms. The number of nitrogens with one attached hydrogen (secondary N) is 1.